The van der Waals surface area contributed by atoms with Crippen LogP contribution in [0.3, 0.4) is 0 Å². The Kier molecular flexibility index (Phi) is 7.12. The molecule has 0 amide bonds. The van der Waals surface area contributed by atoms with Crippen molar-refractivity contribution in [2.24, 2.45) is 23.7 Å². The SMILES string of the molecule is C[C@H]1[C@H](OC(=O)CCC(=O)OCCc2ccc(O)c(O)c2)O[C@@H]2O[C@]3(C)CC[C@H]4[C@H](C)CC[C@@H]1C24OO3. The molecule has 5 fully saturated rings. The normalized spacial score (nSPS) is 38.4. The number of hydrogen-bond donors (Lipinski definition) is 2. The van der Waals surface area contributed by atoms with Crippen molar-refractivity contribution < 1.29 is 48.5 Å². The van der Waals surface area contributed by atoms with Crippen molar-refractivity contribution in [3.8, 4) is 11.5 Å². The topological polar surface area (TPSA) is 130 Å². The summed E-state index contributed by atoms with van der Waals surface area (Å²) < 4.78 is 23.4. The summed E-state index contributed by atoms with van der Waals surface area (Å²) >= 11 is 0. The lowest BCUT2D eigenvalue weighted by atomic mass is 9.58. The molecule has 0 radical (unpaired) electrons. The van der Waals surface area contributed by atoms with E-state index in [2.05, 4.69) is 6.92 Å². The van der Waals surface area contributed by atoms with Gasteiger partial charge >= 0.3 is 11.9 Å². The van der Waals surface area contributed by atoms with Gasteiger partial charge in [0.15, 0.2) is 23.4 Å². The number of hydrogen-bond acceptors (Lipinski definition) is 10. The molecule has 2 bridgehead atoms. The lowest BCUT2D eigenvalue weighted by Crippen LogP contribution is -2.70. The zero-order chi connectivity index (χ0) is 26.4. The van der Waals surface area contributed by atoms with Crippen molar-refractivity contribution >= 4 is 11.9 Å². The summed E-state index contributed by atoms with van der Waals surface area (Å²) in [5.74, 6) is -1.86. The first-order valence-electron chi connectivity index (χ1n) is 13.2. The van der Waals surface area contributed by atoms with Crippen LogP contribution in [0, 0.1) is 23.7 Å². The molecule has 1 saturated carbocycles. The molecule has 2 N–H and O–H groups in total. The first-order chi connectivity index (χ1) is 17.6. The van der Waals surface area contributed by atoms with E-state index in [0.29, 0.717) is 24.3 Å². The fourth-order valence-corrected chi connectivity index (χ4v) is 6.48. The lowest BCUT2D eigenvalue weighted by Gasteiger charge is -2.59. The summed E-state index contributed by atoms with van der Waals surface area (Å²) in [4.78, 5) is 36.7. The minimum absolute atomic E-state index is 0.0391. The molecule has 10 nitrogen and oxygen atoms in total. The number of phenolic OH excluding ortho intramolecular Hbond substituents is 2. The zero-order valence-electron chi connectivity index (χ0n) is 21.5. The van der Waals surface area contributed by atoms with Gasteiger partial charge in [0.1, 0.15) is 0 Å². The van der Waals surface area contributed by atoms with Gasteiger partial charge in [-0.1, -0.05) is 19.9 Å². The van der Waals surface area contributed by atoms with Crippen LogP contribution in [0.4, 0.5) is 0 Å². The first kappa shape index (κ1) is 26.2. The average Bonchev–Trinajstić information content (AvgIpc) is 3.09. The molecule has 10 heteroatoms. The van der Waals surface area contributed by atoms with Gasteiger partial charge in [-0.05, 0) is 55.7 Å². The van der Waals surface area contributed by atoms with Gasteiger partial charge in [-0.15, -0.1) is 0 Å². The molecule has 8 atom stereocenters. The van der Waals surface area contributed by atoms with Crippen LogP contribution in [-0.2, 0) is 44.7 Å². The highest BCUT2D eigenvalue weighted by molar-refractivity contribution is 5.77. The quantitative estimate of drug-likeness (QED) is 0.312. The van der Waals surface area contributed by atoms with Crippen LogP contribution in [0.1, 0.15) is 64.9 Å². The van der Waals surface area contributed by atoms with Gasteiger partial charge in [-0.25, -0.2) is 9.78 Å². The molecule has 1 spiro atoms. The number of benzene rings is 1. The summed E-state index contributed by atoms with van der Waals surface area (Å²) in [6, 6.07) is 4.41. The molecule has 5 aliphatic rings. The molecule has 1 aromatic rings. The molecule has 0 aromatic heterocycles. The van der Waals surface area contributed by atoms with Crippen molar-refractivity contribution in [1.29, 1.82) is 0 Å². The molecule has 4 saturated heterocycles. The molecule has 6 rings (SSSR count). The number of carbonyl (C=O) groups excluding carboxylic acids is 2. The van der Waals surface area contributed by atoms with E-state index >= 15 is 0 Å². The predicted molar refractivity (Wildman–Crippen MR) is 127 cm³/mol. The highest BCUT2D eigenvalue weighted by Gasteiger charge is 2.69. The van der Waals surface area contributed by atoms with Crippen molar-refractivity contribution in [2.45, 2.75) is 89.7 Å². The van der Waals surface area contributed by atoms with Gasteiger partial charge in [0.25, 0.3) is 0 Å². The molecule has 1 aliphatic carbocycles. The minimum atomic E-state index is -0.907. The molecule has 204 valence electrons. The molecular weight excluding hydrogens is 484 g/mol. The van der Waals surface area contributed by atoms with Crippen molar-refractivity contribution in [3.63, 3.8) is 0 Å². The third-order valence-corrected chi connectivity index (χ3v) is 8.57. The lowest BCUT2D eigenvalue weighted by molar-refractivity contribution is -0.576. The summed E-state index contributed by atoms with van der Waals surface area (Å²) in [6.45, 7) is 6.17. The third kappa shape index (κ3) is 4.92. The largest absolute Gasteiger partial charge is 0.504 e. The van der Waals surface area contributed by atoms with Crippen LogP contribution in [0.25, 0.3) is 0 Å². The number of aromatic hydroxyl groups is 2. The van der Waals surface area contributed by atoms with E-state index in [0.717, 1.165) is 19.3 Å². The first-order valence-corrected chi connectivity index (χ1v) is 13.2. The Morgan fingerprint density at radius 3 is 2.59 bits per heavy atom. The van der Waals surface area contributed by atoms with Crippen molar-refractivity contribution in [1.82, 2.24) is 0 Å². The van der Waals surface area contributed by atoms with E-state index < -0.39 is 35.9 Å². The number of fused-ring (bicyclic) bond motifs is 2. The predicted octanol–water partition coefficient (Wildman–Crippen LogP) is 3.71. The van der Waals surface area contributed by atoms with E-state index in [9.17, 15) is 19.8 Å². The molecule has 1 aromatic carbocycles. The van der Waals surface area contributed by atoms with Crippen LogP contribution in [0.5, 0.6) is 11.5 Å². The van der Waals surface area contributed by atoms with Crippen LogP contribution in [-0.4, -0.2) is 52.7 Å². The Morgan fingerprint density at radius 1 is 1.03 bits per heavy atom. The average molecular weight is 521 g/mol. The molecule has 1 unspecified atom stereocenters. The molecular formula is C27H36O10. The fraction of sp³-hybridized carbons (Fsp3) is 0.704. The third-order valence-electron chi connectivity index (χ3n) is 8.57. The maximum atomic E-state index is 12.6. The zero-order valence-corrected chi connectivity index (χ0v) is 21.5. The standard InChI is InChI=1S/C27H36O10/c1-15-4-6-19-16(2)24(34-25-27(19)18(15)10-12-26(3,35-25)36-37-27)33-23(31)9-8-22(30)32-13-11-17-5-7-20(28)21(29)14-17/h5,7,14-16,18-19,24-25,28-29H,4,6,8-13H2,1-3H3/t15-,16-,18+,19+,24-,25-,26+,27?/m1/s1. The van der Waals surface area contributed by atoms with Crippen LogP contribution >= 0.6 is 0 Å². The Bertz CT molecular complexity index is 1030. The second-order valence-corrected chi connectivity index (χ2v) is 11.1. The minimum Gasteiger partial charge on any atom is -0.504 e. The van der Waals surface area contributed by atoms with Gasteiger partial charge < -0.3 is 29.2 Å². The van der Waals surface area contributed by atoms with E-state index in [1.807, 2.05) is 13.8 Å². The Labute approximate surface area is 216 Å². The fourth-order valence-electron chi connectivity index (χ4n) is 6.48. The van der Waals surface area contributed by atoms with E-state index in [1.54, 1.807) is 6.07 Å². The van der Waals surface area contributed by atoms with Crippen molar-refractivity contribution in [3.05, 3.63) is 23.8 Å². The number of ether oxygens (including phenoxy) is 4. The second kappa shape index (κ2) is 10.1. The van der Waals surface area contributed by atoms with Crippen molar-refractivity contribution in [2.75, 3.05) is 6.61 Å². The monoisotopic (exact) mass is 520 g/mol. The van der Waals surface area contributed by atoms with Gasteiger partial charge in [0.05, 0.1) is 19.4 Å². The van der Waals surface area contributed by atoms with Crippen LogP contribution < -0.4 is 0 Å². The van der Waals surface area contributed by atoms with Crippen LogP contribution in [0.15, 0.2) is 18.2 Å². The molecule has 4 heterocycles. The second-order valence-electron chi connectivity index (χ2n) is 11.1. The highest BCUT2D eigenvalue weighted by atomic mass is 17.3. The van der Waals surface area contributed by atoms with Gasteiger partial charge in [-0.3, -0.25) is 9.59 Å². The summed E-state index contributed by atoms with van der Waals surface area (Å²) in [5.41, 5.74) is -0.0191. The summed E-state index contributed by atoms with van der Waals surface area (Å²) in [6.07, 6.45) is 2.15. The smallest absolute Gasteiger partial charge is 0.308 e. The Hall–Kier alpha value is -2.40. The number of phenols is 2. The Balaban J connectivity index is 1.14. The number of esters is 2. The van der Waals surface area contributed by atoms with Gasteiger partial charge in [0, 0.05) is 24.7 Å². The maximum Gasteiger partial charge on any atom is 0.308 e. The van der Waals surface area contributed by atoms with E-state index in [4.69, 9.17) is 28.7 Å². The van der Waals surface area contributed by atoms with Crippen LogP contribution in [0.2, 0.25) is 0 Å². The molecule has 4 aliphatic heterocycles. The Morgan fingerprint density at radius 2 is 1.81 bits per heavy atom. The van der Waals surface area contributed by atoms with E-state index in [1.165, 1.54) is 12.1 Å². The summed E-state index contributed by atoms with van der Waals surface area (Å²) in [5, 5.41) is 18.9. The number of carbonyl (C=O) groups is 2. The van der Waals surface area contributed by atoms with E-state index in [-0.39, 0.29) is 48.7 Å². The van der Waals surface area contributed by atoms with Gasteiger partial charge in [0.2, 0.25) is 12.1 Å². The maximum absolute atomic E-state index is 12.6. The highest BCUT2D eigenvalue weighted by Crippen LogP contribution is 2.60. The molecule has 37 heavy (non-hydrogen) atoms. The summed E-state index contributed by atoms with van der Waals surface area (Å²) in [7, 11) is 0. The number of rotatable bonds is 7. The van der Waals surface area contributed by atoms with Gasteiger partial charge in [-0.2, -0.15) is 0 Å².